The molecule has 1 aromatic heterocycles. The lowest BCUT2D eigenvalue weighted by Crippen LogP contribution is -2.05. The number of hydrogen-bond donors (Lipinski definition) is 1. The summed E-state index contributed by atoms with van der Waals surface area (Å²) in [7, 11) is 0. The zero-order chi connectivity index (χ0) is 15.0. The minimum Gasteiger partial charge on any atom is -0.388 e. The fourth-order valence-corrected chi connectivity index (χ4v) is 2.72. The van der Waals surface area contributed by atoms with Crippen molar-refractivity contribution in [3.8, 4) is 0 Å². The predicted octanol–water partition coefficient (Wildman–Crippen LogP) is 3.50. The highest BCUT2D eigenvalue weighted by Crippen LogP contribution is 2.22. The van der Waals surface area contributed by atoms with E-state index in [0.29, 0.717) is 0 Å². The number of benzene rings is 2. The van der Waals surface area contributed by atoms with Gasteiger partial charge < -0.3 is 9.67 Å². The maximum atomic E-state index is 9.61. The molecule has 0 aliphatic rings. The minimum atomic E-state index is -0.0431. The highest BCUT2D eigenvalue weighted by Gasteiger charge is 2.11. The van der Waals surface area contributed by atoms with Gasteiger partial charge in [-0.05, 0) is 49.6 Å². The van der Waals surface area contributed by atoms with Crippen LogP contribution in [0.25, 0.3) is 11.0 Å². The van der Waals surface area contributed by atoms with Crippen LogP contribution >= 0.6 is 0 Å². The Morgan fingerprint density at radius 3 is 2.52 bits per heavy atom. The van der Waals surface area contributed by atoms with Gasteiger partial charge in [-0.3, -0.25) is 0 Å². The first-order chi connectivity index (χ1) is 10.1. The summed E-state index contributed by atoms with van der Waals surface area (Å²) in [6.07, 6.45) is 0. The van der Waals surface area contributed by atoms with Crippen LogP contribution in [-0.4, -0.2) is 14.7 Å². The SMILES string of the molecule is Cc1cccc(Cn2c(CO)nc3cc(C)c(C)cc32)c1. The van der Waals surface area contributed by atoms with Crippen molar-refractivity contribution in [1.82, 2.24) is 9.55 Å². The Morgan fingerprint density at radius 2 is 1.81 bits per heavy atom. The van der Waals surface area contributed by atoms with E-state index in [2.05, 4.69) is 66.7 Å². The third-order valence-corrected chi connectivity index (χ3v) is 4.01. The lowest BCUT2D eigenvalue weighted by Gasteiger charge is -2.09. The van der Waals surface area contributed by atoms with E-state index in [9.17, 15) is 5.11 Å². The highest BCUT2D eigenvalue weighted by molar-refractivity contribution is 5.78. The first-order valence-electron chi connectivity index (χ1n) is 7.21. The Labute approximate surface area is 124 Å². The molecular formula is C18H20N2O. The zero-order valence-corrected chi connectivity index (χ0v) is 12.7. The largest absolute Gasteiger partial charge is 0.388 e. The Morgan fingerprint density at radius 1 is 1.05 bits per heavy atom. The van der Waals surface area contributed by atoms with E-state index in [-0.39, 0.29) is 6.61 Å². The first kappa shape index (κ1) is 13.8. The maximum Gasteiger partial charge on any atom is 0.136 e. The van der Waals surface area contributed by atoms with Gasteiger partial charge >= 0.3 is 0 Å². The predicted molar refractivity (Wildman–Crippen MR) is 85.4 cm³/mol. The van der Waals surface area contributed by atoms with E-state index in [4.69, 9.17) is 0 Å². The van der Waals surface area contributed by atoms with Crippen LogP contribution in [0.1, 0.15) is 28.1 Å². The monoisotopic (exact) mass is 280 g/mol. The van der Waals surface area contributed by atoms with Crippen LogP contribution in [0, 0.1) is 20.8 Å². The summed E-state index contributed by atoms with van der Waals surface area (Å²) >= 11 is 0. The van der Waals surface area contributed by atoms with Gasteiger partial charge in [0, 0.05) is 6.54 Å². The number of aromatic nitrogens is 2. The van der Waals surface area contributed by atoms with E-state index in [1.165, 1.54) is 22.3 Å². The van der Waals surface area contributed by atoms with Crippen molar-refractivity contribution >= 4 is 11.0 Å². The Kier molecular flexibility index (Phi) is 3.52. The van der Waals surface area contributed by atoms with Crippen molar-refractivity contribution in [2.24, 2.45) is 0 Å². The molecule has 1 heterocycles. The van der Waals surface area contributed by atoms with Gasteiger partial charge in [-0.2, -0.15) is 0 Å². The summed E-state index contributed by atoms with van der Waals surface area (Å²) in [5.41, 5.74) is 6.99. The number of fused-ring (bicyclic) bond motifs is 1. The van der Waals surface area contributed by atoms with Gasteiger partial charge in [0.2, 0.25) is 0 Å². The summed E-state index contributed by atoms with van der Waals surface area (Å²) in [4.78, 5) is 4.56. The van der Waals surface area contributed by atoms with E-state index in [0.717, 1.165) is 23.4 Å². The molecule has 0 aliphatic carbocycles. The molecule has 2 aromatic carbocycles. The maximum absolute atomic E-state index is 9.61. The molecule has 3 heteroatoms. The van der Waals surface area contributed by atoms with Crippen LogP contribution in [0.2, 0.25) is 0 Å². The third kappa shape index (κ3) is 2.57. The molecule has 0 bridgehead atoms. The molecule has 0 saturated carbocycles. The van der Waals surface area contributed by atoms with Gasteiger partial charge in [-0.15, -0.1) is 0 Å². The van der Waals surface area contributed by atoms with Crippen LogP contribution in [0.15, 0.2) is 36.4 Å². The zero-order valence-electron chi connectivity index (χ0n) is 12.7. The summed E-state index contributed by atoms with van der Waals surface area (Å²) in [5.74, 6) is 0.719. The van der Waals surface area contributed by atoms with E-state index >= 15 is 0 Å². The fraction of sp³-hybridized carbons (Fsp3) is 0.278. The van der Waals surface area contributed by atoms with Crippen LogP contribution in [0.3, 0.4) is 0 Å². The molecule has 0 radical (unpaired) electrons. The van der Waals surface area contributed by atoms with Gasteiger partial charge in [0.1, 0.15) is 12.4 Å². The lowest BCUT2D eigenvalue weighted by molar-refractivity contribution is 0.267. The van der Waals surface area contributed by atoms with E-state index < -0.39 is 0 Å². The number of nitrogens with zero attached hydrogens (tertiary/aromatic N) is 2. The molecular weight excluding hydrogens is 260 g/mol. The van der Waals surface area contributed by atoms with Crippen molar-refractivity contribution in [3.63, 3.8) is 0 Å². The second-order valence-corrected chi connectivity index (χ2v) is 5.69. The Bertz CT molecular complexity index is 802. The van der Waals surface area contributed by atoms with Crippen molar-refractivity contribution in [2.45, 2.75) is 33.9 Å². The molecule has 0 saturated heterocycles. The molecule has 1 N–H and O–H groups in total. The van der Waals surface area contributed by atoms with Crippen molar-refractivity contribution in [3.05, 3.63) is 64.5 Å². The first-order valence-corrected chi connectivity index (χ1v) is 7.21. The summed E-state index contributed by atoms with van der Waals surface area (Å²) < 4.78 is 2.11. The summed E-state index contributed by atoms with van der Waals surface area (Å²) in [5, 5.41) is 9.61. The molecule has 3 nitrogen and oxygen atoms in total. The number of aliphatic hydroxyl groups excluding tert-OH is 1. The summed E-state index contributed by atoms with van der Waals surface area (Å²) in [6, 6.07) is 12.7. The average Bonchev–Trinajstić information content (AvgIpc) is 2.77. The summed E-state index contributed by atoms with van der Waals surface area (Å²) in [6.45, 7) is 6.98. The number of rotatable bonds is 3. The average molecular weight is 280 g/mol. The molecule has 3 rings (SSSR count). The van der Waals surface area contributed by atoms with Crippen LogP contribution in [-0.2, 0) is 13.2 Å². The molecule has 0 spiro atoms. The molecule has 21 heavy (non-hydrogen) atoms. The van der Waals surface area contributed by atoms with Gasteiger partial charge in [0.25, 0.3) is 0 Å². The van der Waals surface area contributed by atoms with Gasteiger partial charge in [0.15, 0.2) is 0 Å². The molecule has 3 aromatic rings. The van der Waals surface area contributed by atoms with E-state index in [1.807, 2.05) is 0 Å². The second kappa shape index (κ2) is 5.34. The van der Waals surface area contributed by atoms with Crippen molar-refractivity contribution < 1.29 is 5.11 Å². The van der Waals surface area contributed by atoms with Crippen molar-refractivity contribution in [1.29, 1.82) is 0 Å². The topological polar surface area (TPSA) is 38.0 Å². The minimum absolute atomic E-state index is 0.0431. The molecule has 0 unspecified atom stereocenters. The number of aliphatic hydroxyl groups is 1. The fourth-order valence-electron chi connectivity index (χ4n) is 2.72. The third-order valence-electron chi connectivity index (χ3n) is 4.01. The van der Waals surface area contributed by atoms with Gasteiger partial charge in [0.05, 0.1) is 11.0 Å². The van der Waals surface area contributed by atoms with Crippen LogP contribution in [0.5, 0.6) is 0 Å². The highest BCUT2D eigenvalue weighted by atomic mass is 16.3. The number of aryl methyl sites for hydroxylation is 3. The Balaban J connectivity index is 2.14. The number of hydrogen-bond acceptors (Lipinski definition) is 2. The lowest BCUT2D eigenvalue weighted by atomic mass is 10.1. The molecule has 108 valence electrons. The van der Waals surface area contributed by atoms with Crippen molar-refractivity contribution in [2.75, 3.05) is 0 Å². The molecule has 0 atom stereocenters. The standard InChI is InChI=1S/C18H20N2O/c1-12-5-4-6-15(7-12)10-20-17-9-14(3)13(2)8-16(17)19-18(20)11-21/h4-9,21H,10-11H2,1-3H3. The molecule has 0 aliphatic heterocycles. The molecule has 0 fully saturated rings. The molecule has 0 amide bonds. The quantitative estimate of drug-likeness (QED) is 0.797. The normalized spacial score (nSPS) is 11.2. The van der Waals surface area contributed by atoms with Gasteiger partial charge in [-0.1, -0.05) is 29.8 Å². The smallest absolute Gasteiger partial charge is 0.136 e. The Hall–Kier alpha value is -2.13. The van der Waals surface area contributed by atoms with Crippen LogP contribution in [0.4, 0.5) is 0 Å². The second-order valence-electron chi connectivity index (χ2n) is 5.69. The van der Waals surface area contributed by atoms with Crippen LogP contribution < -0.4 is 0 Å². The number of imidazole rings is 1. The van der Waals surface area contributed by atoms with Gasteiger partial charge in [-0.25, -0.2) is 4.98 Å². The van der Waals surface area contributed by atoms with E-state index in [1.54, 1.807) is 0 Å².